The summed E-state index contributed by atoms with van der Waals surface area (Å²) < 4.78 is 30.1. The third-order valence-corrected chi connectivity index (χ3v) is 5.15. The van der Waals surface area contributed by atoms with Crippen molar-refractivity contribution in [2.45, 2.75) is 16.4 Å². The Bertz CT molecular complexity index is 840. The van der Waals surface area contributed by atoms with Crippen molar-refractivity contribution >= 4 is 22.4 Å². The van der Waals surface area contributed by atoms with Crippen molar-refractivity contribution in [3.05, 3.63) is 53.6 Å². The van der Waals surface area contributed by atoms with E-state index in [2.05, 4.69) is 0 Å². The Labute approximate surface area is 122 Å². The van der Waals surface area contributed by atoms with E-state index in [1.807, 2.05) is 6.07 Å². The summed E-state index contributed by atoms with van der Waals surface area (Å²) in [6.45, 7) is 0.188. The molecule has 0 spiro atoms. The van der Waals surface area contributed by atoms with E-state index in [0.717, 1.165) is 0 Å². The van der Waals surface area contributed by atoms with Gasteiger partial charge in [-0.15, -0.1) is 0 Å². The van der Waals surface area contributed by atoms with Crippen molar-refractivity contribution in [2.24, 2.45) is 0 Å². The molecular formula is C14H10BNO4S. The molecule has 1 aliphatic heterocycles. The smallest absolute Gasteiger partial charge is 0.423 e. The third-order valence-electron chi connectivity index (χ3n) is 3.38. The van der Waals surface area contributed by atoms with Crippen LogP contribution in [0.4, 0.5) is 0 Å². The summed E-state index contributed by atoms with van der Waals surface area (Å²) in [5, 5.41) is 18.3. The largest absolute Gasteiger partial charge is 0.491 e. The normalized spacial score (nSPS) is 13.8. The molecule has 7 heteroatoms. The van der Waals surface area contributed by atoms with Gasteiger partial charge in [0.2, 0.25) is 9.84 Å². The molecule has 0 saturated heterocycles. The van der Waals surface area contributed by atoms with Gasteiger partial charge in [0.25, 0.3) is 0 Å². The zero-order valence-electron chi connectivity index (χ0n) is 10.9. The third kappa shape index (κ3) is 2.34. The lowest BCUT2D eigenvalue weighted by Crippen LogP contribution is -2.28. The summed E-state index contributed by atoms with van der Waals surface area (Å²) in [7, 11) is -4.64. The van der Waals surface area contributed by atoms with E-state index in [1.54, 1.807) is 6.07 Å². The van der Waals surface area contributed by atoms with E-state index in [4.69, 9.17) is 9.92 Å². The Morgan fingerprint density at radius 2 is 1.81 bits per heavy atom. The maximum Gasteiger partial charge on any atom is 0.491 e. The molecule has 0 bridgehead atoms. The number of nitrogens with zero attached hydrogens (tertiary/aromatic N) is 1. The lowest BCUT2D eigenvalue weighted by atomic mass is 9.80. The fraction of sp³-hybridized carbons (Fsp3) is 0.0714. The van der Waals surface area contributed by atoms with Gasteiger partial charge in [-0.05, 0) is 47.4 Å². The molecule has 2 aromatic rings. The number of rotatable bonds is 2. The van der Waals surface area contributed by atoms with Crippen molar-refractivity contribution in [3.8, 4) is 6.07 Å². The van der Waals surface area contributed by atoms with E-state index in [-0.39, 0.29) is 16.4 Å². The van der Waals surface area contributed by atoms with Gasteiger partial charge in [0.05, 0.1) is 28.0 Å². The second-order valence-electron chi connectivity index (χ2n) is 4.66. The molecule has 1 N–H and O–H groups in total. The number of benzene rings is 2. The Balaban J connectivity index is 2.04. The van der Waals surface area contributed by atoms with Crippen LogP contribution in [-0.2, 0) is 21.1 Å². The Morgan fingerprint density at radius 1 is 1.14 bits per heavy atom. The van der Waals surface area contributed by atoms with Crippen LogP contribution in [0.1, 0.15) is 11.1 Å². The molecule has 2 aromatic carbocycles. The Morgan fingerprint density at radius 3 is 2.48 bits per heavy atom. The molecule has 0 aromatic heterocycles. The van der Waals surface area contributed by atoms with Gasteiger partial charge in [0, 0.05) is 0 Å². The van der Waals surface area contributed by atoms with Gasteiger partial charge in [0.1, 0.15) is 0 Å². The highest BCUT2D eigenvalue weighted by molar-refractivity contribution is 7.91. The van der Waals surface area contributed by atoms with Gasteiger partial charge in [-0.25, -0.2) is 8.42 Å². The van der Waals surface area contributed by atoms with E-state index < -0.39 is 17.0 Å². The fourth-order valence-corrected chi connectivity index (χ4v) is 3.53. The molecule has 0 unspecified atom stereocenters. The molecule has 0 atom stereocenters. The van der Waals surface area contributed by atoms with Crippen LogP contribution in [0.2, 0.25) is 0 Å². The minimum Gasteiger partial charge on any atom is -0.423 e. The summed E-state index contributed by atoms with van der Waals surface area (Å²) in [5.41, 5.74) is 1.66. The van der Waals surface area contributed by atoms with E-state index in [0.29, 0.717) is 16.6 Å². The average Bonchev–Trinajstić information content (AvgIpc) is 2.88. The molecule has 1 aliphatic rings. The van der Waals surface area contributed by atoms with Crippen LogP contribution < -0.4 is 5.46 Å². The first-order valence-corrected chi connectivity index (χ1v) is 7.68. The Kier molecular flexibility index (Phi) is 3.30. The van der Waals surface area contributed by atoms with Crippen LogP contribution in [0.25, 0.3) is 0 Å². The van der Waals surface area contributed by atoms with Gasteiger partial charge in [-0.3, -0.25) is 0 Å². The zero-order valence-corrected chi connectivity index (χ0v) is 11.7. The minimum absolute atomic E-state index is 0.126. The van der Waals surface area contributed by atoms with Gasteiger partial charge in [-0.2, -0.15) is 5.26 Å². The quantitative estimate of drug-likeness (QED) is 0.821. The topological polar surface area (TPSA) is 87.4 Å². The maximum absolute atomic E-state index is 12.5. The second-order valence-corrected chi connectivity index (χ2v) is 6.61. The molecule has 1 heterocycles. The highest BCUT2D eigenvalue weighted by Crippen LogP contribution is 2.23. The number of sulfone groups is 1. The number of nitriles is 1. The highest BCUT2D eigenvalue weighted by atomic mass is 32.2. The van der Waals surface area contributed by atoms with Gasteiger partial charge in [0.15, 0.2) is 0 Å². The van der Waals surface area contributed by atoms with Crippen LogP contribution in [0.15, 0.2) is 52.3 Å². The first kappa shape index (κ1) is 13.8. The van der Waals surface area contributed by atoms with Crippen LogP contribution in [0.5, 0.6) is 0 Å². The highest BCUT2D eigenvalue weighted by Gasteiger charge is 2.29. The predicted octanol–water partition coefficient (Wildman–Crippen LogP) is 0.609. The molecule has 0 radical (unpaired) electrons. The lowest BCUT2D eigenvalue weighted by molar-refractivity contribution is 0.275. The fourth-order valence-electron chi connectivity index (χ4n) is 2.22. The van der Waals surface area contributed by atoms with Gasteiger partial charge >= 0.3 is 7.12 Å². The number of fused-ring (bicyclic) bond motifs is 1. The first-order chi connectivity index (χ1) is 10.0. The van der Waals surface area contributed by atoms with Crippen LogP contribution in [0, 0.1) is 11.3 Å². The predicted molar refractivity (Wildman–Crippen MR) is 75.4 cm³/mol. The molecule has 0 fully saturated rings. The molecule has 5 nitrogen and oxygen atoms in total. The summed E-state index contributed by atoms with van der Waals surface area (Å²) in [6.07, 6.45) is 0. The average molecular weight is 299 g/mol. The van der Waals surface area contributed by atoms with E-state index >= 15 is 0 Å². The van der Waals surface area contributed by atoms with Crippen molar-refractivity contribution < 1.29 is 18.1 Å². The molecule has 3 rings (SSSR count). The van der Waals surface area contributed by atoms with Crippen LogP contribution in [-0.4, -0.2) is 20.6 Å². The standard InChI is InChI=1S/C14H10BNO4S/c16-8-10-1-3-12(4-2-10)21(18,19)13-5-6-14-11(7-13)9-20-15(14)17/h1-7,17H,9H2. The summed E-state index contributed by atoms with van der Waals surface area (Å²) in [6, 6.07) is 12.2. The molecule has 0 amide bonds. The second kappa shape index (κ2) is 5.00. The summed E-state index contributed by atoms with van der Waals surface area (Å²) in [5.74, 6) is 0. The first-order valence-electron chi connectivity index (χ1n) is 6.20. The SMILES string of the molecule is N#Cc1ccc(S(=O)(=O)c2ccc3c(c2)COB3O)cc1. The Hall–Kier alpha value is -2.14. The molecule has 0 aliphatic carbocycles. The molecule has 104 valence electrons. The maximum atomic E-state index is 12.5. The molecular weight excluding hydrogens is 289 g/mol. The molecule has 21 heavy (non-hydrogen) atoms. The van der Waals surface area contributed by atoms with E-state index in [9.17, 15) is 13.4 Å². The number of hydrogen-bond donors (Lipinski definition) is 1. The van der Waals surface area contributed by atoms with Gasteiger partial charge in [-0.1, -0.05) is 6.07 Å². The van der Waals surface area contributed by atoms with Crippen LogP contribution >= 0.6 is 0 Å². The van der Waals surface area contributed by atoms with Crippen molar-refractivity contribution in [2.75, 3.05) is 0 Å². The van der Waals surface area contributed by atoms with Crippen molar-refractivity contribution in [1.29, 1.82) is 5.26 Å². The summed E-state index contributed by atoms with van der Waals surface area (Å²) in [4.78, 5) is 0.268. The van der Waals surface area contributed by atoms with Crippen molar-refractivity contribution in [3.63, 3.8) is 0 Å². The summed E-state index contributed by atoms with van der Waals surface area (Å²) >= 11 is 0. The van der Waals surface area contributed by atoms with Crippen molar-refractivity contribution in [1.82, 2.24) is 0 Å². The lowest BCUT2D eigenvalue weighted by Gasteiger charge is -2.06. The van der Waals surface area contributed by atoms with Crippen LogP contribution in [0.3, 0.4) is 0 Å². The zero-order chi connectivity index (χ0) is 15.0. The monoisotopic (exact) mass is 299 g/mol. The minimum atomic E-state index is -3.65. The number of hydrogen-bond acceptors (Lipinski definition) is 5. The van der Waals surface area contributed by atoms with E-state index in [1.165, 1.54) is 36.4 Å². The van der Waals surface area contributed by atoms with Gasteiger partial charge < -0.3 is 9.68 Å². The molecule has 0 saturated carbocycles.